The van der Waals surface area contributed by atoms with Gasteiger partial charge in [0.15, 0.2) is 0 Å². The van der Waals surface area contributed by atoms with E-state index in [4.69, 9.17) is 9.84 Å². The van der Waals surface area contributed by atoms with Gasteiger partial charge in [0.05, 0.1) is 5.92 Å². The van der Waals surface area contributed by atoms with Gasteiger partial charge in [0, 0.05) is 12.1 Å². The van der Waals surface area contributed by atoms with Crippen LogP contribution in [0.1, 0.15) is 25.8 Å². The fraction of sp³-hybridized carbons (Fsp3) is 0.533. The van der Waals surface area contributed by atoms with Gasteiger partial charge >= 0.3 is 0 Å². The van der Waals surface area contributed by atoms with E-state index in [9.17, 15) is 4.79 Å². The van der Waals surface area contributed by atoms with Crippen LogP contribution in [-0.4, -0.2) is 29.8 Å². The SMILES string of the molecule is CC(C)(CCO)NC(=O)C1COc2ccccc2C1. The first kappa shape index (κ1) is 13.9. The second kappa shape index (κ2) is 5.61. The summed E-state index contributed by atoms with van der Waals surface area (Å²) in [5, 5.41) is 12.0. The average Bonchev–Trinajstić information content (AvgIpc) is 2.37. The van der Waals surface area contributed by atoms with E-state index in [1.54, 1.807) is 0 Å². The molecule has 4 heteroatoms. The lowest BCUT2D eigenvalue weighted by Crippen LogP contribution is -2.48. The van der Waals surface area contributed by atoms with Crippen LogP contribution in [0.15, 0.2) is 24.3 Å². The summed E-state index contributed by atoms with van der Waals surface area (Å²) in [5.41, 5.74) is 0.692. The summed E-state index contributed by atoms with van der Waals surface area (Å²) in [5.74, 6) is 0.710. The largest absolute Gasteiger partial charge is 0.492 e. The van der Waals surface area contributed by atoms with Crippen molar-refractivity contribution in [3.8, 4) is 5.75 Å². The molecule has 0 fully saturated rings. The van der Waals surface area contributed by atoms with E-state index in [-0.39, 0.29) is 24.0 Å². The van der Waals surface area contributed by atoms with Gasteiger partial charge in [0.25, 0.3) is 0 Å². The third-order valence-electron chi connectivity index (χ3n) is 3.45. The molecule has 0 aromatic heterocycles. The van der Waals surface area contributed by atoms with Crippen LogP contribution < -0.4 is 10.1 Å². The van der Waals surface area contributed by atoms with E-state index in [1.165, 1.54) is 0 Å². The van der Waals surface area contributed by atoms with E-state index < -0.39 is 0 Å². The predicted octanol–water partition coefficient (Wildman–Crippen LogP) is 1.51. The van der Waals surface area contributed by atoms with Crippen LogP contribution in [0.3, 0.4) is 0 Å². The lowest BCUT2D eigenvalue weighted by atomic mass is 9.94. The quantitative estimate of drug-likeness (QED) is 0.866. The van der Waals surface area contributed by atoms with Gasteiger partial charge in [-0.2, -0.15) is 0 Å². The Morgan fingerprint density at radius 1 is 1.47 bits per heavy atom. The number of benzene rings is 1. The minimum absolute atomic E-state index is 0.00652. The van der Waals surface area contributed by atoms with E-state index in [0.717, 1.165) is 11.3 Å². The van der Waals surface area contributed by atoms with E-state index in [1.807, 2.05) is 38.1 Å². The summed E-state index contributed by atoms with van der Waals surface area (Å²) in [7, 11) is 0. The summed E-state index contributed by atoms with van der Waals surface area (Å²) in [6.45, 7) is 4.31. The zero-order valence-electron chi connectivity index (χ0n) is 11.5. The number of rotatable bonds is 4. The van der Waals surface area contributed by atoms with E-state index in [2.05, 4.69) is 5.32 Å². The molecule has 19 heavy (non-hydrogen) atoms. The van der Waals surface area contributed by atoms with Crippen molar-refractivity contribution in [2.24, 2.45) is 5.92 Å². The molecule has 1 unspecified atom stereocenters. The first-order valence-electron chi connectivity index (χ1n) is 6.65. The molecule has 0 radical (unpaired) electrons. The number of hydrogen-bond donors (Lipinski definition) is 2. The van der Waals surface area contributed by atoms with Crippen molar-refractivity contribution in [2.45, 2.75) is 32.2 Å². The molecule has 1 aromatic rings. The van der Waals surface area contributed by atoms with Crippen LogP contribution in [0.4, 0.5) is 0 Å². The van der Waals surface area contributed by atoms with Gasteiger partial charge in [-0.15, -0.1) is 0 Å². The molecule has 1 aliphatic heterocycles. The van der Waals surface area contributed by atoms with Crippen LogP contribution >= 0.6 is 0 Å². The van der Waals surface area contributed by atoms with Crippen LogP contribution in [0.2, 0.25) is 0 Å². The minimum atomic E-state index is -0.386. The lowest BCUT2D eigenvalue weighted by Gasteiger charge is -2.30. The maximum atomic E-state index is 12.2. The topological polar surface area (TPSA) is 58.6 Å². The van der Waals surface area contributed by atoms with Crippen LogP contribution in [-0.2, 0) is 11.2 Å². The molecule has 104 valence electrons. The molecule has 2 N–H and O–H groups in total. The van der Waals surface area contributed by atoms with Crippen LogP contribution in [0, 0.1) is 5.92 Å². The number of nitrogens with one attached hydrogen (secondary N) is 1. The Labute approximate surface area is 113 Å². The highest BCUT2D eigenvalue weighted by Gasteiger charge is 2.29. The molecular formula is C15H21NO3. The smallest absolute Gasteiger partial charge is 0.227 e. The first-order valence-corrected chi connectivity index (χ1v) is 6.65. The molecule has 1 aromatic carbocycles. The number of fused-ring (bicyclic) bond motifs is 1. The predicted molar refractivity (Wildman–Crippen MR) is 73.1 cm³/mol. The summed E-state index contributed by atoms with van der Waals surface area (Å²) >= 11 is 0. The normalized spacial score (nSPS) is 18.4. The Morgan fingerprint density at radius 2 is 2.21 bits per heavy atom. The number of aliphatic hydroxyl groups excluding tert-OH is 1. The molecule has 1 atom stereocenters. The molecule has 0 saturated heterocycles. The molecule has 1 aliphatic rings. The highest BCUT2D eigenvalue weighted by molar-refractivity contribution is 5.80. The summed E-state index contributed by atoms with van der Waals surface area (Å²) < 4.78 is 5.62. The fourth-order valence-corrected chi connectivity index (χ4v) is 2.27. The second-order valence-corrected chi connectivity index (χ2v) is 5.67. The van der Waals surface area contributed by atoms with Crippen molar-refractivity contribution in [3.05, 3.63) is 29.8 Å². The second-order valence-electron chi connectivity index (χ2n) is 5.67. The van der Waals surface area contributed by atoms with Crippen molar-refractivity contribution in [1.29, 1.82) is 0 Å². The van der Waals surface area contributed by atoms with Crippen molar-refractivity contribution in [3.63, 3.8) is 0 Å². The van der Waals surface area contributed by atoms with Crippen molar-refractivity contribution in [2.75, 3.05) is 13.2 Å². The first-order chi connectivity index (χ1) is 9.02. The Morgan fingerprint density at radius 3 is 2.95 bits per heavy atom. The van der Waals surface area contributed by atoms with Gasteiger partial charge in [-0.25, -0.2) is 0 Å². The van der Waals surface area contributed by atoms with Crippen molar-refractivity contribution < 1.29 is 14.6 Å². The lowest BCUT2D eigenvalue weighted by molar-refractivity contribution is -0.128. The number of carbonyl (C=O) groups is 1. The van der Waals surface area contributed by atoms with Crippen molar-refractivity contribution in [1.82, 2.24) is 5.32 Å². The molecule has 0 spiro atoms. The standard InChI is InChI=1S/C15H21NO3/c1-15(2,7-8-17)16-14(18)12-9-11-5-3-4-6-13(11)19-10-12/h3-6,12,17H,7-10H2,1-2H3,(H,16,18). The number of amides is 1. The molecular weight excluding hydrogens is 242 g/mol. The Bertz CT molecular complexity index is 456. The molecule has 4 nitrogen and oxygen atoms in total. The number of aliphatic hydroxyl groups is 1. The zero-order chi connectivity index (χ0) is 13.9. The number of para-hydroxylation sites is 1. The zero-order valence-corrected chi connectivity index (χ0v) is 11.5. The van der Waals surface area contributed by atoms with Gasteiger partial charge in [-0.05, 0) is 38.3 Å². The van der Waals surface area contributed by atoms with Crippen molar-refractivity contribution >= 4 is 5.91 Å². The number of hydrogen-bond acceptors (Lipinski definition) is 3. The molecule has 1 amide bonds. The van der Waals surface area contributed by atoms with Gasteiger partial charge < -0.3 is 15.2 Å². The molecule has 0 aliphatic carbocycles. The van der Waals surface area contributed by atoms with Gasteiger partial charge in [-0.3, -0.25) is 4.79 Å². The monoisotopic (exact) mass is 263 g/mol. The average molecular weight is 263 g/mol. The summed E-state index contributed by atoms with van der Waals surface area (Å²) in [4.78, 5) is 12.2. The number of ether oxygens (including phenoxy) is 1. The minimum Gasteiger partial charge on any atom is -0.492 e. The number of carbonyl (C=O) groups excluding carboxylic acids is 1. The van der Waals surface area contributed by atoms with Crippen LogP contribution in [0.5, 0.6) is 5.75 Å². The molecule has 0 bridgehead atoms. The third-order valence-corrected chi connectivity index (χ3v) is 3.45. The maximum absolute atomic E-state index is 12.2. The van der Waals surface area contributed by atoms with E-state index in [0.29, 0.717) is 19.4 Å². The highest BCUT2D eigenvalue weighted by atomic mass is 16.5. The summed E-state index contributed by atoms with van der Waals surface area (Å²) in [6, 6.07) is 7.81. The Hall–Kier alpha value is -1.55. The van der Waals surface area contributed by atoms with Gasteiger partial charge in [-0.1, -0.05) is 18.2 Å². The Kier molecular flexibility index (Phi) is 4.10. The highest BCUT2D eigenvalue weighted by Crippen LogP contribution is 2.27. The van der Waals surface area contributed by atoms with Crippen LogP contribution in [0.25, 0.3) is 0 Å². The Balaban J connectivity index is 1.99. The van der Waals surface area contributed by atoms with Gasteiger partial charge in [0.2, 0.25) is 5.91 Å². The van der Waals surface area contributed by atoms with E-state index >= 15 is 0 Å². The summed E-state index contributed by atoms with van der Waals surface area (Å²) in [6.07, 6.45) is 1.25. The molecule has 2 rings (SSSR count). The van der Waals surface area contributed by atoms with Gasteiger partial charge in [0.1, 0.15) is 12.4 Å². The maximum Gasteiger partial charge on any atom is 0.227 e. The molecule has 1 heterocycles. The molecule has 0 saturated carbocycles. The third kappa shape index (κ3) is 3.47. The fourth-order valence-electron chi connectivity index (χ4n) is 2.27.